The van der Waals surface area contributed by atoms with Crippen molar-refractivity contribution in [2.75, 3.05) is 6.61 Å². The van der Waals surface area contributed by atoms with Crippen molar-refractivity contribution >= 4 is 5.91 Å². The number of carbonyl (C=O) groups is 1. The van der Waals surface area contributed by atoms with Crippen LogP contribution < -0.4 is 5.32 Å². The lowest BCUT2D eigenvalue weighted by Gasteiger charge is -2.20. The quantitative estimate of drug-likeness (QED) is 0.0420. The van der Waals surface area contributed by atoms with Crippen LogP contribution in [0.3, 0.4) is 0 Å². The summed E-state index contributed by atoms with van der Waals surface area (Å²) in [5, 5.41) is 23.2. The Morgan fingerprint density at radius 2 is 0.647 bits per heavy atom. The highest BCUT2D eigenvalue weighted by Crippen LogP contribution is 2.17. The van der Waals surface area contributed by atoms with E-state index in [9.17, 15) is 15.0 Å². The maximum Gasteiger partial charge on any atom is 0.220 e. The Labute approximate surface area is 425 Å². The minimum Gasteiger partial charge on any atom is -0.394 e. The Balaban J connectivity index is 3.50. The highest BCUT2D eigenvalue weighted by Gasteiger charge is 2.18. The molecule has 0 aliphatic rings. The molecule has 0 aromatic carbocycles. The molecule has 1 amide bonds. The average molecular weight is 949 g/mol. The summed E-state index contributed by atoms with van der Waals surface area (Å²) < 4.78 is 0. The third-order valence-corrected chi connectivity index (χ3v) is 13.7. The number of unbranched alkanes of at least 4 members (excludes halogenated alkanes) is 38. The van der Waals surface area contributed by atoms with Gasteiger partial charge < -0.3 is 15.5 Å². The maximum atomic E-state index is 12.5. The van der Waals surface area contributed by atoms with Crippen LogP contribution in [0, 0.1) is 0 Å². The summed E-state index contributed by atoms with van der Waals surface area (Å²) in [6.07, 6.45) is 85.1. The molecule has 0 fully saturated rings. The van der Waals surface area contributed by atoms with Crippen molar-refractivity contribution in [2.24, 2.45) is 0 Å². The standard InChI is InChI=1S/C64H117NO3/c1-3-5-7-9-11-13-15-17-19-21-23-25-27-29-31-32-34-36-38-40-42-44-46-48-50-52-54-56-58-60-64(68)65-62(61-66)63(67)59-57-55-53-51-49-47-45-43-41-39-37-35-33-30-28-26-24-22-20-18-16-14-12-10-8-6-4-2/h5,7,11,13,17,19,23,25,29,31,57,59,62-63,66-67H,3-4,6,8-10,12,14-16,18,20-22,24,26-28,30,32-56,58,60-61H2,1-2H3,(H,65,68)/b7-5-,13-11-,19-17-,25-23-,31-29-,59-57+. The number of amides is 1. The van der Waals surface area contributed by atoms with Crippen LogP contribution in [0.1, 0.15) is 309 Å². The smallest absolute Gasteiger partial charge is 0.220 e. The molecule has 0 aliphatic carbocycles. The minimum absolute atomic E-state index is 0.0640. The number of rotatable bonds is 55. The lowest BCUT2D eigenvalue weighted by molar-refractivity contribution is -0.123. The molecule has 0 bridgehead atoms. The van der Waals surface area contributed by atoms with Gasteiger partial charge in [0, 0.05) is 6.42 Å². The van der Waals surface area contributed by atoms with Crippen LogP contribution in [0.25, 0.3) is 0 Å². The molecule has 68 heavy (non-hydrogen) atoms. The Morgan fingerprint density at radius 1 is 0.368 bits per heavy atom. The normalized spacial score (nSPS) is 13.3. The van der Waals surface area contributed by atoms with Gasteiger partial charge in [0.15, 0.2) is 0 Å². The number of hydrogen-bond acceptors (Lipinski definition) is 3. The fourth-order valence-corrected chi connectivity index (χ4v) is 9.15. The van der Waals surface area contributed by atoms with Crippen LogP contribution in [0.15, 0.2) is 72.9 Å². The summed E-state index contributed by atoms with van der Waals surface area (Å²) >= 11 is 0. The van der Waals surface area contributed by atoms with E-state index in [0.717, 1.165) is 57.8 Å². The lowest BCUT2D eigenvalue weighted by Crippen LogP contribution is -2.45. The predicted octanol–water partition coefficient (Wildman–Crippen LogP) is 20.1. The third kappa shape index (κ3) is 54.8. The summed E-state index contributed by atoms with van der Waals surface area (Å²) in [6.45, 7) is 4.22. The van der Waals surface area contributed by atoms with Crippen LogP contribution in [0.5, 0.6) is 0 Å². The zero-order chi connectivity index (χ0) is 49.2. The molecule has 0 aliphatic heterocycles. The summed E-state index contributed by atoms with van der Waals surface area (Å²) in [5.74, 6) is -0.0640. The molecule has 0 rings (SSSR count). The molecule has 4 heteroatoms. The second-order valence-corrected chi connectivity index (χ2v) is 20.4. The van der Waals surface area contributed by atoms with Gasteiger partial charge in [-0.05, 0) is 64.2 Å². The summed E-state index contributed by atoms with van der Waals surface area (Å²) in [6, 6.07) is -0.627. The zero-order valence-corrected chi connectivity index (χ0v) is 45.6. The van der Waals surface area contributed by atoms with Gasteiger partial charge in [-0.15, -0.1) is 0 Å². The van der Waals surface area contributed by atoms with Gasteiger partial charge in [0.25, 0.3) is 0 Å². The van der Waals surface area contributed by atoms with Gasteiger partial charge in [-0.1, -0.05) is 311 Å². The Bertz CT molecular complexity index is 1170. The van der Waals surface area contributed by atoms with Crippen molar-refractivity contribution in [1.29, 1.82) is 0 Å². The van der Waals surface area contributed by atoms with Gasteiger partial charge in [0.2, 0.25) is 5.91 Å². The first-order chi connectivity index (χ1) is 33.7. The molecular formula is C64H117NO3. The number of allylic oxidation sites excluding steroid dienone is 11. The SMILES string of the molecule is CC/C=C\C/C=C\C/C=C\C/C=C\C/C=C\CCCCCCCCCCCCCCCC(=O)NC(CO)C(O)/C=C/CCCCCCCCCCCCCCCCCCCCCCCCCCC. The minimum atomic E-state index is -0.844. The van der Waals surface area contributed by atoms with Crippen molar-refractivity contribution in [3.63, 3.8) is 0 Å². The maximum absolute atomic E-state index is 12.5. The summed E-state index contributed by atoms with van der Waals surface area (Å²) in [4.78, 5) is 12.5. The molecule has 0 aromatic heterocycles. The Morgan fingerprint density at radius 3 is 0.971 bits per heavy atom. The topological polar surface area (TPSA) is 69.6 Å². The third-order valence-electron chi connectivity index (χ3n) is 13.7. The van der Waals surface area contributed by atoms with Crippen molar-refractivity contribution in [3.8, 4) is 0 Å². The van der Waals surface area contributed by atoms with Gasteiger partial charge in [-0.2, -0.15) is 0 Å². The van der Waals surface area contributed by atoms with Gasteiger partial charge in [0.05, 0.1) is 18.8 Å². The van der Waals surface area contributed by atoms with E-state index >= 15 is 0 Å². The van der Waals surface area contributed by atoms with E-state index < -0.39 is 12.1 Å². The molecule has 0 spiro atoms. The fourth-order valence-electron chi connectivity index (χ4n) is 9.15. The molecule has 2 unspecified atom stereocenters. The van der Waals surface area contributed by atoms with E-state index in [1.54, 1.807) is 6.08 Å². The first kappa shape index (κ1) is 65.8. The molecule has 0 aromatic rings. The van der Waals surface area contributed by atoms with Gasteiger partial charge >= 0.3 is 0 Å². The molecule has 396 valence electrons. The van der Waals surface area contributed by atoms with E-state index in [2.05, 4.69) is 79.9 Å². The van der Waals surface area contributed by atoms with Gasteiger partial charge in [-0.3, -0.25) is 4.79 Å². The van der Waals surface area contributed by atoms with Crippen molar-refractivity contribution in [2.45, 2.75) is 321 Å². The monoisotopic (exact) mass is 948 g/mol. The van der Waals surface area contributed by atoms with Gasteiger partial charge in [-0.25, -0.2) is 0 Å². The number of nitrogens with one attached hydrogen (secondary N) is 1. The zero-order valence-electron chi connectivity index (χ0n) is 45.6. The molecule has 0 saturated carbocycles. The van der Waals surface area contributed by atoms with Crippen LogP contribution in [-0.2, 0) is 4.79 Å². The molecule has 4 nitrogen and oxygen atoms in total. The van der Waals surface area contributed by atoms with E-state index in [1.165, 1.54) is 231 Å². The highest BCUT2D eigenvalue weighted by atomic mass is 16.3. The number of carbonyl (C=O) groups excluding carboxylic acids is 1. The van der Waals surface area contributed by atoms with Crippen LogP contribution in [0.4, 0.5) is 0 Å². The summed E-state index contributed by atoms with van der Waals surface area (Å²) in [5.41, 5.74) is 0. The molecule has 0 radical (unpaired) electrons. The molecule has 3 N–H and O–H groups in total. The highest BCUT2D eigenvalue weighted by molar-refractivity contribution is 5.76. The predicted molar refractivity (Wildman–Crippen MR) is 304 cm³/mol. The van der Waals surface area contributed by atoms with E-state index in [-0.39, 0.29) is 12.5 Å². The van der Waals surface area contributed by atoms with E-state index in [4.69, 9.17) is 0 Å². The fraction of sp³-hybridized carbons (Fsp3) is 0.797. The second-order valence-electron chi connectivity index (χ2n) is 20.4. The number of aliphatic hydroxyl groups excluding tert-OH is 2. The largest absolute Gasteiger partial charge is 0.394 e. The number of aliphatic hydroxyl groups is 2. The second kappa shape index (κ2) is 59.1. The lowest BCUT2D eigenvalue weighted by atomic mass is 10.0. The Hall–Kier alpha value is -2.17. The van der Waals surface area contributed by atoms with E-state index in [0.29, 0.717) is 6.42 Å². The Kier molecular flexibility index (Phi) is 57.3. The first-order valence-corrected chi connectivity index (χ1v) is 30.2. The van der Waals surface area contributed by atoms with Crippen LogP contribution >= 0.6 is 0 Å². The van der Waals surface area contributed by atoms with Gasteiger partial charge in [0.1, 0.15) is 0 Å². The first-order valence-electron chi connectivity index (χ1n) is 30.2. The van der Waals surface area contributed by atoms with Crippen molar-refractivity contribution in [3.05, 3.63) is 72.9 Å². The summed E-state index contributed by atoms with van der Waals surface area (Å²) in [7, 11) is 0. The van der Waals surface area contributed by atoms with Crippen molar-refractivity contribution in [1.82, 2.24) is 5.32 Å². The van der Waals surface area contributed by atoms with Crippen LogP contribution in [-0.4, -0.2) is 34.9 Å². The molecule has 0 heterocycles. The van der Waals surface area contributed by atoms with Crippen molar-refractivity contribution < 1.29 is 15.0 Å². The number of hydrogen-bond donors (Lipinski definition) is 3. The molecule has 2 atom stereocenters. The molecule has 0 saturated heterocycles. The van der Waals surface area contributed by atoms with Crippen LogP contribution in [0.2, 0.25) is 0 Å². The average Bonchev–Trinajstić information content (AvgIpc) is 3.34. The van der Waals surface area contributed by atoms with E-state index in [1.807, 2.05) is 6.08 Å². The molecular weight excluding hydrogens is 831 g/mol.